The molecule has 1 aromatic carbocycles. The molecule has 3 atom stereocenters. The van der Waals surface area contributed by atoms with Gasteiger partial charge in [-0.1, -0.05) is 26.0 Å². The monoisotopic (exact) mass is 493 g/mol. The van der Waals surface area contributed by atoms with E-state index in [4.69, 9.17) is 9.47 Å². The van der Waals surface area contributed by atoms with Crippen LogP contribution in [0.4, 0.5) is 10.3 Å². The average molecular weight is 494 g/mol. The quantitative estimate of drug-likeness (QED) is 0.598. The largest absolute Gasteiger partial charge is 0.393 e. The maximum absolute atomic E-state index is 13.6. The molecule has 2 aromatic rings. The van der Waals surface area contributed by atoms with E-state index in [0.717, 1.165) is 10.6 Å². The summed E-state index contributed by atoms with van der Waals surface area (Å²) in [4.78, 5) is 9.11. The molecule has 3 rings (SSSR count). The Kier molecular flexibility index (Phi) is 8.40. The molecule has 1 unspecified atom stereocenters. The van der Waals surface area contributed by atoms with Gasteiger partial charge in [-0.15, -0.1) is 0 Å². The molecule has 8 nitrogen and oxygen atoms in total. The second-order valence-electron chi connectivity index (χ2n) is 8.61. The van der Waals surface area contributed by atoms with Crippen molar-refractivity contribution in [2.45, 2.75) is 58.0 Å². The summed E-state index contributed by atoms with van der Waals surface area (Å²) < 4.78 is 50.4. The Hall–Kier alpha value is -2.40. The van der Waals surface area contributed by atoms with E-state index in [1.54, 1.807) is 12.1 Å². The van der Waals surface area contributed by atoms with Gasteiger partial charge in [0.15, 0.2) is 6.29 Å². The molecule has 0 radical (unpaired) electrons. The predicted molar refractivity (Wildman–Crippen MR) is 129 cm³/mol. The third kappa shape index (κ3) is 6.38. The van der Waals surface area contributed by atoms with Crippen molar-refractivity contribution < 1.29 is 27.4 Å². The maximum atomic E-state index is 13.6. The number of ether oxygens (including phenoxy) is 2. The van der Waals surface area contributed by atoms with E-state index in [2.05, 4.69) is 9.97 Å². The zero-order valence-corrected chi connectivity index (χ0v) is 20.9. The van der Waals surface area contributed by atoms with Crippen LogP contribution in [0.2, 0.25) is 0 Å². The molecular weight excluding hydrogens is 461 g/mol. The van der Waals surface area contributed by atoms with Crippen molar-refractivity contribution >= 4 is 22.0 Å². The van der Waals surface area contributed by atoms with E-state index in [1.807, 2.05) is 32.9 Å². The number of hydrogen-bond donors (Lipinski definition) is 1. The predicted octanol–water partition coefficient (Wildman–Crippen LogP) is 3.72. The van der Waals surface area contributed by atoms with Gasteiger partial charge in [0.1, 0.15) is 5.82 Å². The molecule has 1 saturated heterocycles. The molecule has 1 aromatic heterocycles. The second-order valence-corrected chi connectivity index (χ2v) is 10.6. The summed E-state index contributed by atoms with van der Waals surface area (Å²) >= 11 is 0. The van der Waals surface area contributed by atoms with Crippen LogP contribution in [-0.2, 0) is 19.5 Å². The third-order valence-electron chi connectivity index (χ3n) is 5.53. The number of nitrogens with zero attached hydrogens (tertiary/aromatic N) is 3. The van der Waals surface area contributed by atoms with Crippen molar-refractivity contribution in [2.75, 3.05) is 24.2 Å². The van der Waals surface area contributed by atoms with E-state index in [-0.39, 0.29) is 23.8 Å². The standard InChI is InChI=1S/C24H32FN3O5S/c1-6-32-21-14-18(29)13-19(33-21)11-12-20-22(15(2)3)26-24(28(4)34(5,30)31)27-23(20)16-7-9-17(25)10-8-16/h7-12,15,18-19,21,29H,6,13-14H2,1-5H3/b12-11+/t18-,19-,21?/m1/s1. The van der Waals surface area contributed by atoms with Crippen molar-refractivity contribution in [1.29, 1.82) is 0 Å². The zero-order valence-electron chi connectivity index (χ0n) is 20.1. The first-order chi connectivity index (χ1) is 16.0. The van der Waals surface area contributed by atoms with Crippen LogP contribution < -0.4 is 4.31 Å². The van der Waals surface area contributed by atoms with Gasteiger partial charge in [0.05, 0.1) is 29.9 Å². The van der Waals surface area contributed by atoms with Gasteiger partial charge in [-0.05, 0) is 37.1 Å². The number of aliphatic hydroxyl groups excluding tert-OH is 1. The number of benzene rings is 1. The van der Waals surface area contributed by atoms with Gasteiger partial charge in [-0.25, -0.2) is 27.1 Å². The molecule has 0 bridgehead atoms. The van der Waals surface area contributed by atoms with Crippen LogP contribution >= 0.6 is 0 Å². The number of anilines is 1. The average Bonchev–Trinajstić information content (AvgIpc) is 2.76. The summed E-state index contributed by atoms with van der Waals surface area (Å²) in [7, 11) is -2.20. The summed E-state index contributed by atoms with van der Waals surface area (Å²) in [6.07, 6.45) is 4.12. The number of aromatic nitrogens is 2. The molecule has 10 heteroatoms. The lowest BCUT2D eigenvalue weighted by molar-refractivity contribution is -0.201. The van der Waals surface area contributed by atoms with E-state index in [9.17, 15) is 17.9 Å². The van der Waals surface area contributed by atoms with E-state index in [0.29, 0.717) is 42.0 Å². The molecule has 2 heterocycles. The van der Waals surface area contributed by atoms with Gasteiger partial charge in [0.2, 0.25) is 16.0 Å². The number of rotatable bonds is 8. The van der Waals surface area contributed by atoms with Crippen molar-refractivity contribution in [3.05, 3.63) is 47.4 Å². The Morgan fingerprint density at radius 3 is 2.53 bits per heavy atom. The number of halogens is 1. The molecule has 34 heavy (non-hydrogen) atoms. The Bertz CT molecular complexity index is 1120. The normalized spacial score (nSPS) is 21.4. The van der Waals surface area contributed by atoms with Crippen molar-refractivity contribution in [2.24, 2.45) is 0 Å². The first kappa shape index (κ1) is 26.2. The molecule has 0 spiro atoms. The van der Waals surface area contributed by atoms with Gasteiger partial charge < -0.3 is 14.6 Å². The molecule has 0 amide bonds. The van der Waals surface area contributed by atoms with Gasteiger partial charge in [-0.3, -0.25) is 0 Å². The smallest absolute Gasteiger partial charge is 0.239 e. The molecule has 1 aliphatic heterocycles. The summed E-state index contributed by atoms with van der Waals surface area (Å²) in [5, 5.41) is 10.2. The zero-order chi connectivity index (χ0) is 25.0. The minimum absolute atomic E-state index is 0.0309. The summed E-state index contributed by atoms with van der Waals surface area (Å²) in [5.74, 6) is -0.426. The summed E-state index contributed by atoms with van der Waals surface area (Å²) in [6, 6.07) is 5.84. The van der Waals surface area contributed by atoms with Crippen LogP contribution in [0.25, 0.3) is 17.3 Å². The Morgan fingerprint density at radius 1 is 1.26 bits per heavy atom. The summed E-state index contributed by atoms with van der Waals surface area (Å²) in [5.41, 5.74) is 2.39. The molecule has 186 valence electrons. The van der Waals surface area contributed by atoms with Crippen molar-refractivity contribution in [3.63, 3.8) is 0 Å². The summed E-state index contributed by atoms with van der Waals surface area (Å²) in [6.45, 7) is 6.24. The van der Waals surface area contributed by atoms with Crippen molar-refractivity contribution in [1.82, 2.24) is 9.97 Å². The Labute approximate surface area is 200 Å². The highest BCUT2D eigenvalue weighted by Crippen LogP contribution is 2.32. The van der Waals surface area contributed by atoms with E-state index >= 15 is 0 Å². The van der Waals surface area contributed by atoms with Crippen LogP contribution in [0.1, 0.15) is 50.8 Å². The molecule has 1 fully saturated rings. The Balaban J connectivity index is 2.12. The fraction of sp³-hybridized carbons (Fsp3) is 0.500. The first-order valence-electron chi connectivity index (χ1n) is 11.2. The first-order valence-corrected chi connectivity index (χ1v) is 13.1. The van der Waals surface area contributed by atoms with Gasteiger partial charge in [0.25, 0.3) is 0 Å². The second kappa shape index (κ2) is 10.9. The van der Waals surface area contributed by atoms with Gasteiger partial charge in [0, 0.05) is 37.6 Å². The molecular formula is C24H32FN3O5S. The fourth-order valence-electron chi connectivity index (χ4n) is 3.71. The van der Waals surface area contributed by atoms with Crippen LogP contribution in [0.15, 0.2) is 30.3 Å². The minimum Gasteiger partial charge on any atom is -0.393 e. The van der Waals surface area contributed by atoms with Crippen LogP contribution in [0.3, 0.4) is 0 Å². The highest BCUT2D eigenvalue weighted by atomic mass is 32.2. The van der Waals surface area contributed by atoms with Crippen LogP contribution in [0.5, 0.6) is 0 Å². The maximum Gasteiger partial charge on any atom is 0.239 e. The van der Waals surface area contributed by atoms with E-state index in [1.165, 1.54) is 19.2 Å². The third-order valence-corrected chi connectivity index (χ3v) is 6.69. The molecule has 1 aliphatic rings. The minimum atomic E-state index is -3.60. The fourth-order valence-corrected chi connectivity index (χ4v) is 4.09. The highest BCUT2D eigenvalue weighted by Gasteiger charge is 2.28. The van der Waals surface area contributed by atoms with Crippen molar-refractivity contribution in [3.8, 4) is 11.3 Å². The number of sulfonamides is 1. The van der Waals surface area contributed by atoms with Gasteiger partial charge >= 0.3 is 0 Å². The number of hydrogen-bond acceptors (Lipinski definition) is 7. The van der Waals surface area contributed by atoms with Crippen LogP contribution in [-0.4, -0.2) is 61.9 Å². The topological polar surface area (TPSA) is 102 Å². The number of aliphatic hydroxyl groups is 1. The lowest BCUT2D eigenvalue weighted by Crippen LogP contribution is -2.36. The lowest BCUT2D eigenvalue weighted by atomic mass is 9.97. The van der Waals surface area contributed by atoms with E-state index < -0.39 is 22.4 Å². The lowest BCUT2D eigenvalue weighted by Gasteiger charge is -2.31. The van der Waals surface area contributed by atoms with Gasteiger partial charge in [-0.2, -0.15) is 0 Å². The SMILES string of the molecule is CCOC1C[C@H](O)C[C@@H](/C=C/c2c(-c3ccc(F)cc3)nc(N(C)S(C)(=O)=O)nc2C(C)C)O1. The Morgan fingerprint density at radius 2 is 1.94 bits per heavy atom. The molecule has 0 aliphatic carbocycles. The molecule has 1 N–H and O–H groups in total. The highest BCUT2D eigenvalue weighted by molar-refractivity contribution is 7.92. The van der Waals surface area contributed by atoms with Crippen LogP contribution in [0, 0.1) is 5.82 Å². The molecule has 0 saturated carbocycles.